The van der Waals surface area contributed by atoms with Crippen molar-refractivity contribution in [2.24, 2.45) is 0 Å². The molecule has 1 aliphatic heterocycles. The number of ether oxygens (including phenoxy) is 1. The van der Waals surface area contributed by atoms with Crippen molar-refractivity contribution in [3.63, 3.8) is 0 Å². The number of carbonyl (C=O) groups is 1. The van der Waals surface area contributed by atoms with Gasteiger partial charge in [-0.1, -0.05) is 19.1 Å². The van der Waals surface area contributed by atoms with E-state index in [1.807, 2.05) is 24.3 Å². The molecular formula is C17H27N3O2. The zero-order valence-corrected chi connectivity index (χ0v) is 13.6. The van der Waals surface area contributed by atoms with Crippen LogP contribution in [0.5, 0.6) is 5.75 Å². The summed E-state index contributed by atoms with van der Waals surface area (Å²) < 4.78 is 5.55. The average Bonchev–Trinajstić information content (AvgIpc) is 2.54. The van der Waals surface area contributed by atoms with E-state index in [-0.39, 0.29) is 5.91 Å². The smallest absolute Gasteiger partial charge is 0.234 e. The lowest BCUT2D eigenvalue weighted by atomic mass is 10.2. The highest BCUT2D eigenvalue weighted by Crippen LogP contribution is 2.12. The maximum Gasteiger partial charge on any atom is 0.234 e. The Morgan fingerprint density at radius 1 is 1.41 bits per heavy atom. The van der Waals surface area contributed by atoms with Gasteiger partial charge in [-0.05, 0) is 31.0 Å². The molecule has 1 saturated heterocycles. The molecule has 0 bridgehead atoms. The Morgan fingerprint density at radius 3 is 2.86 bits per heavy atom. The van der Waals surface area contributed by atoms with E-state index in [4.69, 9.17) is 4.74 Å². The maximum atomic E-state index is 12.0. The summed E-state index contributed by atoms with van der Waals surface area (Å²) in [6, 6.07) is 8.32. The number of benzene rings is 1. The van der Waals surface area contributed by atoms with E-state index in [9.17, 15) is 4.79 Å². The van der Waals surface area contributed by atoms with Gasteiger partial charge in [-0.3, -0.25) is 9.69 Å². The third kappa shape index (κ3) is 5.31. The van der Waals surface area contributed by atoms with E-state index in [1.54, 1.807) is 0 Å². The van der Waals surface area contributed by atoms with Gasteiger partial charge in [0.15, 0.2) is 0 Å². The lowest BCUT2D eigenvalue weighted by Crippen LogP contribution is -2.52. The van der Waals surface area contributed by atoms with Crippen LogP contribution in [0.2, 0.25) is 0 Å². The van der Waals surface area contributed by atoms with E-state index < -0.39 is 0 Å². The third-order valence-electron chi connectivity index (χ3n) is 3.87. The van der Waals surface area contributed by atoms with Crippen molar-refractivity contribution in [1.82, 2.24) is 15.5 Å². The molecule has 0 radical (unpaired) electrons. The number of nitrogens with zero attached hydrogens (tertiary/aromatic N) is 1. The molecule has 1 fully saturated rings. The lowest BCUT2D eigenvalue weighted by molar-refractivity contribution is -0.123. The van der Waals surface area contributed by atoms with Crippen LogP contribution in [-0.4, -0.2) is 49.6 Å². The molecule has 1 amide bonds. The van der Waals surface area contributed by atoms with Crippen molar-refractivity contribution >= 4 is 5.91 Å². The van der Waals surface area contributed by atoms with Crippen LogP contribution in [0, 0.1) is 0 Å². The minimum atomic E-state index is 0.0834. The Labute approximate surface area is 133 Å². The van der Waals surface area contributed by atoms with Gasteiger partial charge in [-0.15, -0.1) is 0 Å². The fourth-order valence-electron chi connectivity index (χ4n) is 2.48. The van der Waals surface area contributed by atoms with Gasteiger partial charge in [-0.2, -0.15) is 0 Å². The molecule has 122 valence electrons. The number of piperazine rings is 1. The second kappa shape index (κ2) is 8.76. The second-order valence-corrected chi connectivity index (χ2v) is 5.79. The number of hydrogen-bond donors (Lipinski definition) is 2. The Hall–Kier alpha value is -1.59. The predicted molar refractivity (Wildman–Crippen MR) is 88.0 cm³/mol. The number of hydrogen-bond acceptors (Lipinski definition) is 4. The molecule has 1 atom stereocenters. The van der Waals surface area contributed by atoms with Crippen LogP contribution in [0.1, 0.15) is 25.8 Å². The summed E-state index contributed by atoms with van der Waals surface area (Å²) >= 11 is 0. The molecule has 22 heavy (non-hydrogen) atoms. The minimum absolute atomic E-state index is 0.0834. The fourth-order valence-corrected chi connectivity index (χ4v) is 2.48. The van der Waals surface area contributed by atoms with Crippen molar-refractivity contribution in [3.8, 4) is 5.75 Å². The summed E-state index contributed by atoms with van der Waals surface area (Å²) in [4.78, 5) is 14.3. The molecule has 0 saturated carbocycles. The normalized spacial score (nSPS) is 18.9. The number of nitrogens with one attached hydrogen (secondary N) is 2. The van der Waals surface area contributed by atoms with Crippen LogP contribution in [0.4, 0.5) is 0 Å². The summed E-state index contributed by atoms with van der Waals surface area (Å²) in [6.07, 6.45) is 1.00. The van der Waals surface area contributed by atoms with Crippen molar-refractivity contribution < 1.29 is 9.53 Å². The Balaban J connectivity index is 1.73. The van der Waals surface area contributed by atoms with Crippen molar-refractivity contribution in [3.05, 3.63) is 29.8 Å². The van der Waals surface area contributed by atoms with E-state index in [2.05, 4.69) is 29.4 Å². The largest absolute Gasteiger partial charge is 0.494 e. The zero-order valence-electron chi connectivity index (χ0n) is 13.6. The first-order chi connectivity index (χ1) is 10.7. The first-order valence-electron chi connectivity index (χ1n) is 8.12. The van der Waals surface area contributed by atoms with E-state index in [0.29, 0.717) is 19.1 Å². The Kier molecular flexibility index (Phi) is 6.68. The quantitative estimate of drug-likeness (QED) is 0.799. The highest BCUT2D eigenvalue weighted by molar-refractivity contribution is 5.78. The minimum Gasteiger partial charge on any atom is -0.494 e. The molecule has 1 aromatic rings. The molecule has 0 aliphatic carbocycles. The molecule has 2 N–H and O–H groups in total. The van der Waals surface area contributed by atoms with Crippen LogP contribution in [0.25, 0.3) is 0 Å². The Bertz CT molecular complexity index is 461. The van der Waals surface area contributed by atoms with E-state index in [0.717, 1.165) is 44.0 Å². The molecule has 5 heteroatoms. The van der Waals surface area contributed by atoms with Gasteiger partial charge in [-0.25, -0.2) is 0 Å². The maximum absolute atomic E-state index is 12.0. The average molecular weight is 305 g/mol. The highest BCUT2D eigenvalue weighted by atomic mass is 16.5. The van der Waals surface area contributed by atoms with Crippen molar-refractivity contribution in [1.29, 1.82) is 0 Å². The SMILES string of the molecule is CCCOc1ccc(CNC(=O)CN2CCNC[C@@H]2C)cc1. The van der Waals surface area contributed by atoms with Gasteiger partial charge in [0.2, 0.25) is 5.91 Å². The second-order valence-electron chi connectivity index (χ2n) is 5.79. The molecular weight excluding hydrogens is 278 g/mol. The van der Waals surface area contributed by atoms with Gasteiger partial charge < -0.3 is 15.4 Å². The first kappa shape index (κ1) is 16.8. The topological polar surface area (TPSA) is 53.6 Å². The van der Waals surface area contributed by atoms with Gasteiger partial charge >= 0.3 is 0 Å². The van der Waals surface area contributed by atoms with Crippen LogP contribution >= 0.6 is 0 Å². The molecule has 0 spiro atoms. The van der Waals surface area contributed by atoms with Gasteiger partial charge in [0.05, 0.1) is 13.2 Å². The van der Waals surface area contributed by atoms with Crippen LogP contribution in [0.15, 0.2) is 24.3 Å². The molecule has 1 aliphatic rings. The van der Waals surface area contributed by atoms with Gasteiger partial charge in [0.1, 0.15) is 5.75 Å². The fraction of sp³-hybridized carbons (Fsp3) is 0.588. The third-order valence-corrected chi connectivity index (χ3v) is 3.87. The number of rotatable bonds is 7. The standard InChI is InChI=1S/C17H27N3O2/c1-3-10-22-16-6-4-15(5-7-16)12-19-17(21)13-20-9-8-18-11-14(20)2/h4-7,14,18H,3,8-13H2,1-2H3,(H,19,21)/t14-/m0/s1. The summed E-state index contributed by atoms with van der Waals surface area (Å²) in [5.41, 5.74) is 1.09. The summed E-state index contributed by atoms with van der Waals surface area (Å²) in [5.74, 6) is 0.964. The summed E-state index contributed by atoms with van der Waals surface area (Å²) in [5, 5.41) is 6.32. The molecule has 1 aromatic carbocycles. The molecule has 5 nitrogen and oxygen atoms in total. The summed E-state index contributed by atoms with van der Waals surface area (Å²) in [7, 11) is 0. The lowest BCUT2D eigenvalue weighted by Gasteiger charge is -2.33. The monoisotopic (exact) mass is 305 g/mol. The van der Waals surface area contributed by atoms with Crippen LogP contribution < -0.4 is 15.4 Å². The molecule has 0 unspecified atom stereocenters. The van der Waals surface area contributed by atoms with Crippen molar-refractivity contribution in [2.45, 2.75) is 32.9 Å². The van der Waals surface area contributed by atoms with E-state index >= 15 is 0 Å². The Morgan fingerprint density at radius 2 is 2.18 bits per heavy atom. The van der Waals surface area contributed by atoms with Gasteiger partial charge in [0, 0.05) is 32.2 Å². The summed E-state index contributed by atoms with van der Waals surface area (Å²) in [6.45, 7) is 8.84. The predicted octanol–water partition coefficient (Wildman–Crippen LogP) is 1.39. The van der Waals surface area contributed by atoms with Crippen LogP contribution in [-0.2, 0) is 11.3 Å². The molecule has 2 rings (SSSR count). The first-order valence-corrected chi connectivity index (χ1v) is 8.12. The zero-order chi connectivity index (χ0) is 15.8. The number of amides is 1. The molecule has 1 heterocycles. The molecule has 0 aromatic heterocycles. The number of carbonyl (C=O) groups excluding carboxylic acids is 1. The van der Waals surface area contributed by atoms with Crippen LogP contribution in [0.3, 0.4) is 0 Å². The van der Waals surface area contributed by atoms with Gasteiger partial charge in [0.25, 0.3) is 0 Å². The van der Waals surface area contributed by atoms with Crippen molar-refractivity contribution in [2.75, 3.05) is 32.8 Å². The highest BCUT2D eigenvalue weighted by Gasteiger charge is 2.19. The van der Waals surface area contributed by atoms with E-state index in [1.165, 1.54) is 0 Å².